The number of carbonyl (C=O) groups is 3. The highest BCUT2D eigenvalue weighted by atomic mass is 16.5. The summed E-state index contributed by atoms with van der Waals surface area (Å²) in [5, 5.41) is 2.96. The Hall–Kier alpha value is -4.01. The molecule has 0 fully saturated rings. The number of fused-ring (bicyclic) bond motifs is 1. The Kier molecular flexibility index (Phi) is 6.21. The van der Waals surface area contributed by atoms with Crippen LogP contribution in [-0.2, 0) is 20.9 Å². The van der Waals surface area contributed by atoms with E-state index < -0.39 is 18.5 Å². The number of benzene rings is 2. The lowest BCUT2D eigenvalue weighted by molar-refractivity contribution is -0.147. The van der Waals surface area contributed by atoms with E-state index in [1.54, 1.807) is 62.6 Å². The number of rotatable bonds is 6. The monoisotopic (exact) mass is 408 g/mol. The molecule has 0 saturated heterocycles. The molecule has 9 heteroatoms. The van der Waals surface area contributed by atoms with Crippen LogP contribution < -0.4 is 10.9 Å². The van der Waals surface area contributed by atoms with Gasteiger partial charge in [-0.25, -0.2) is 4.98 Å². The molecule has 9 nitrogen and oxygen atoms in total. The standard InChI is InChI=1S/C21H20N4O5/c1-24(2)20(28)14-7-9-15(10-8-14)23-18(26)12-30-19(27)11-25-13-22-17-6-4-3-5-16(17)21(25)29/h3-10,13H,11-12H2,1-2H3,(H,23,26). The maximum atomic E-state index is 12.4. The van der Waals surface area contributed by atoms with Crippen molar-refractivity contribution in [3.63, 3.8) is 0 Å². The van der Waals surface area contributed by atoms with E-state index >= 15 is 0 Å². The van der Waals surface area contributed by atoms with E-state index in [0.29, 0.717) is 22.2 Å². The average molecular weight is 408 g/mol. The van der Waals surface area contributed by atoms with Crippen LogP contribution in [0.2, 0.25) is 0 Å². The summed E-state index contributed by atoms with van der Waals surface area (Å²) in [5.74, 6) is -1.43. The van der Waals surface area contributed by atoms with E-state index in [1.165, 1.54) is 11.2 Å². The van der Waals surface area contributed by atoms with E-state index in [2.05, 4.69) is 10.3 Å². The quantitative estimate of drug-likeness (QED) is 0.615. The minimum absolute atomic E-state index is 0.153. The number of nitrogens with zero attached hydrogens (tertiary/aromatic N) is 3. The normalized spacial score (nSPS) is 10.5. The van der Waals surface area contributed by atoms with E-state index in [-0.39, 0.29) is 18.0 Å². The largest absolute Gasteiger partial charge is 0.454 e. The van der Waals surface area contributed by atoms with Crippen molar-refractivity contribution in [2.75, 3.05) is 26.0 Å². The third-order valence-electron chi connectivity index (χ3n) is 4.22. The van der Waals surface area contributed by atoms with Gasteiger partial charge in [-0.15, -0.1) is 0 Å². The van der Waals surface area contributed by atoms with Gasteiger partial charge < -0.3 is 15.0 Å². The number of para-hydroxylation sites is 1. The number of nitrogens with one attached hydrogen (secondary N) is 1. The van der Waals surface area contributed by atoms with Crippen LogP contribution in [0.5, 0.6) is 0 Å². The highest BCUT2D eigenvalue weighted by molar-refractivity contribution is 5.96. The number of aromatic nitrogens is 2. The van der Waals surface area contributed by atoms with Crippen molar-refractivity contribution in [3.05, 3.63) is 70.8 Å². The molecule has 0 unspecified atom stereocenters. The van der Waals surface area contributed by atoms with Crippen LogP contribution >= 0.6 is 0 Å². The van der Waals surface area contributed by atoms with Crippen molar-refractivity contribution in [1.29, 1.82) is 0 Å². The van der Waals surface area contributed by atoms with E-state index in [4.69, 9.17) is 4.74 Å². The third-order valence-corrected chi connectivity index (χ3v) is 4.22. The molecule has 0 bridgehead atoms. The van der Waals surface area contributed by atoms with Gasteiger partial charge in [0.25, 0.3) is 17.4 Å². The zero-order valence-corrected chi connectivity index (χ0v) is 16.5. The van der Waals surface area contributed by atoms with E-state index in [1.807, 2.05) is 0 Å². The highest BCUT2D eigenvalue weighted by Crippen LogP contribution is 2.11. The van der Waals surface area contributed by atoms with Crippen molar-refractivity contribution < 1.29 is 19.1 Å². The smallest absolute Gasteiger partial charge is 0.326 e. The molecule has 30 heavy (non-hydrogen) atoms. The number of hydrogen-bond donors (Lipinski definition) is 1. The fraction of sp³-hybridized carbons (Fsp3) is 0.190. The van der Waals surface area contributed by atoms with Gasteiger partial charge in [-0.05, 0) is 36.4 Å². The second kappa shape index (κ2) is 8.99. The fourth-order valence-electron chi connectivity index (χ4n) is 2.70. The first-order chi connectivity index (χ1) is 14.3. The summed E-state index contributed by atoms with van der Waals surface area (Å²) in [6, 6.07) is 13.1. The van der Waals surface area contributed by atoms with Gasteiger partial charge in [-0.1, -0.05) is 12.1 Å². The predicted octanol–water partition coefficient (Wildman–Crippen LogP) is 1.28. The SMILES string of the molecule is CN(C)C(=O)c1ccc(NC(=O)COC(=O)Cn2cnc3ccccc3c2=O)cc1. The Morgan fingerprint density at radius 3 is 2.47 bits per heavy atom. The summed E-state index contributed by atoms with van der Waals surface area (Å²) in [6.45, 7) is -0.863. The van der Waals surface area contributed by atoms with Gasteiger partial charge in [0.1, 0.15) is 6.54 Å². The van der Waals surface area contributed by atoms with Gasteiger partial charge in [0.05, 0.1) is 17.2 Å². The first-order valence-corrected chi connectivity index (χ1v) is 9.06. The van der Waals surface area contributed by atoms with Gasteiger partial charge in [-0.2, -0.15) is 0 Å². The lowest BCUT2D eigenvalue weighted by Gasteiger charge is -2.11. The minimum atomic E-state index is -0.740. The Morgan fingerprint density at radius 1 is 1.07 bits per heavy atom. The van der Waals surface area contributed by atoms with Crippen molar-refractivity contribution in [2.45, 2.75) is 6.54 Å². The number of ether oxygens (including phenoxy) is 1. The molecule has 0 saturated carbocycles. The Bertz CT molecular complexity index is 1150. The zero-order valence-electron chi connectivity index (χ0n) is 16.5. The molecule has 0 radical (unpaired) electrons. The van der Waals surface area contributed by atoms with Crippen LogP contribution in [0.15, 0.2) is 59.7 Å². The first kappa shape index (κ1) is 20.7. The van der Waals surface area contributed by atoms with Crippen LogP contribution in [0, 0.1) is 0 Å². The van der Waals surface area contributed by atoms with Gasteiger partial charge in [0.15, 0.2) is 6.61 Å². The molecule has 0 aliphatic heterocycles. The summed E-state index contributed by atoms with van der Waals surface area (Å²) in [4.78, 5) is 53.8. The van der Waals surface area contributed by atoms with Crippen molar-refractivity contribution in [2.24, 2.45) is 0 Å². The maximum absolute atomic E-state index is 12.4. The van der Waals surface area contributed by atoms with E-state index in [0.717, 1.165) is 4.57 Å². The van der Waals surface area contributed by atoms with Gasteiger partial charge in [-0.3, -0.25) is 23.7 Å². The molecule has 3 aromatic rings. The average Bonchev–Trinajstić information content (AvgIpc) is 2.74. The van der Waals surface area contributed by atoms with E-state index in [9.17, 15) is 19.2 Å². The number of esters is 1. The molecule has 3 rings (SSSR count). The highest BCUT2D eigenvalue weighted by Gasteiger charge is 2.12. The molecule has 1 heterocycles. The molecule has 2 amide bonds. The molecule has 2 aromatic carbocycles. The predicted molar refractivity (Wildman–Crippen MR) is 110 cm³/mol. The summed E-state index contributed by atoms with van der Waals surface area (Å²) in [6.07, 6.45) is 1.27. The van der Waals surface area contributed by atoms with Crippen molar-refractivity contribution in [1.82, 2.24) is 14.5 Å². The van der Waals surface area contributed by atoms with Gasteiger partial charge in [0, 0.05) is 25.3 Å². The number of hydrogen-bond acceptors (Lipinski definition) is 6. The summed E-state index contributed by atoms with van der Waals surface area (Å²) in [5.41, 5.74) is 1.11. The molecule has 0 atom stereocenters. The van der Waals surface area contributed by atoms with Crippen LogP contribution in [0.4, 0.5) is 5.69 Å². The molecule has 1 N–H and O–H groups in total. The van der Waals surface area contributed by atoms with Crippen LogP contribution in [0.3, 0.4) is 0 Å². The summed E-state index contributed by atoms with van der Waals surface area (Å²) in [7, 11) is 3.29. The zero-order chi connectivity index (χ0) is 21.7. The number of amides is 2. The maximum Gasteiger partial charge on any atom is 0.326 e. The Balaban J connectivity index is 1.54. The molecule has 0 spiro atoms. The third kappa shape index (κ3) is 4.88. The van der Waals surface area contributed by atoms with Crippen LogP contribution in [-0.4, -0.2) is 52.9 Å². The second-order valence-electron chi connectivity index (χ2n) is 6.68. The molecule has 0 aliphatic carbocycles. The first-order valence-electron chi connectivity index (χ1n) is 9.06. The molecule has 1 aromatic heterocycles. The van der Waals surface area contributed by atoms with Gasteiger partial charge in [0.2, 0.25) is 0 Å². The second-order valence-corrected chi connectivity index (χ2v) is 6.68. The molecule has 0 aliphatic rings. The van der Waals surface area contributed by atoms with Crippen molar-refractivity contribution in [3.8, 4) is 0 Å². The van der Waals surface area contributed by atoms with Gasteiger partial charge >= 0.3 is 5.97 Å². The lowest BCUT2D eigenvalue weighted by atomic mass is 10.2. The molecular weight excluding hydrogens is 388 g/mol. The molecular formula is C21H20N4O5. The van der Waals surface area contributed by atoms with Crippen LogP contribution in [0.25, 0.3) is 10.9 Å². The fourth-order valence-corrected chi connectivity index (χ4v) is 2.70. The number of carbonyl (C=O) groups excluding carboxylic acids is 3. The number of anilines is 1. The Labute approximate surface area is 171 Å². The topological polar surface area (TPSA) is 111 Å². The lowest BCUT2D eigenvalue weighted by Crippen LogP contribution is -2.28. The molecule has 154 valence electrons. The van der Waals surface area contributed by atoms with Crippen molar-refractivity contribution >= 4 is 34.4 Å². The summed E-state index contributed by atoms with van der Waals surface area (Å²) >= 11 is 0. The van der Waals surface area contributed by atoms with Crippen LogP contribution in [0.1, 0.15) is 10.4 Å². The minimum Gasteiger partial charge on any atom is -0.454 e. The Morgan fingerprint density at radius 2 is 1.77 bits per heavy atom. The summed E-state index contributed by atoms with van der Waals surface area (Å²) < 4.78 is 6.07.